The number of rotatable bonds is 6. The van der Waals surface area contributed by atoms with E-state index in [9.17, 15) is 30.2 Å². The summed E-state index contributed by atoms with van der Waals surface area (Å²) in [5.74, 6) is -0.410. The normalized spacial score (nSPS) is 14.6. The lowest BCUT2D eigenvalue weighted by atomic mass is 10.2. The molecular weight excluding hydrogens is 366 g/mol. The lowest BCUT2D eigenvalue weighted by molar-refractivity contribution is -0.708. The molecule has 1 aromatic carbocycles. The van der Waals surface area contributed by atoms with Crippen molar-refractivity contribution in [3.05, 3.63) is 43.6 Å². The molecule has 0 unspecified atom stereocenters. The molecule has 14 nitrogen and oxygen atoms in total. The highest BCUT2D eigenvalue weighted by molar-refractivity contribution is 5.74. The molecular formula is C13H17N7O7. The van der Waals surface area contributed by atoms with Crippen molar-refractivity contribution in [2.24, 2.45) is 5.28 Å². The van der Waals surface area contributed by atoms with Crippen LogP contribution in [0.4, 0.5) is 16.2 Å². The molecule has 0 bridgehead atoms. The van der Waals surface area contributed by atoms with Crippen LogP contribution in [0, 0.1) is 25.4 Å². The van der Waals surface area contributed by atoms with Gasteiger partial charge in [0.2, 0.25) is 11.0 Å². The first-order valence-corrected chi connectivity index (χ1v) is 7.89. The highest BCUT2D eigenvalue weighted by Crippen LogP contribution is 2.31. The number of nitrogens with one attached hydrogen (secondary N) is 1. The van der Waals surface area contributed by atoms with E-state index in [1.165, 1.54) is 9.91 Å². The maximum absolute atomic E-state index is 12.0. The number of benzene rings is 1. The minimum atomic E-state index is -0.877. The summed E-state index contributed by atoms with van der Waals surface area (Å²) in [6.45, 7) is 3.24. The van der Waals surface area contributed by atoms with E-state index in [1.807, 2.05) is 0 Å². The standard InChI is InChI=1S/C13H17N7O7/c1-2-14-13(21)16-5-7-17(8-6-16)20(26)15-27-12-4-3-10(18(22)23)9-11(12)19(24)25/h3-4,9H,2,5-8H2,1H3,(H,14,21)/b20-15-. The van der Waals surface area contributed by atoms with E-state index in [0.29, 0.717) is 12.6 Å². The van der Waals surface area contributed by atoms with Crippen molar-refractivity contribution >= 4 is 17.4 Å². The topological polar surface area (TPSA) is 170 Å². The molecule has 1 aliphatic heterocycles. The fourth-order valence-electron chi connectivity index (χ4n) is 2.30. The number of non-ortho nitro benzene ring substituents is 1. The smallest absolute Gasteiger partial charge is 0.321 e. The number of nitro benzene ring substituents is 2. The maximum atomic E-state index is 12.0. The number of carbonyl (C=O) groups is 1. The Bertz CT molecular complexity index is 761. The van der Waals surface area contributed by atoms with Crippen LogP contribution >= 0.6 is 0 Å². The van der Waals surface area contributed by atoms with Crippen molar-refractivity contribution in [2.75, 3.05) is 32.7 Å². The molecule has 1 fully saturated rings. The zero-order chi connectivity index (χ0) is 20.0. The van der Waals surface area contributed by atoms with E-state index in [-0.39, 0.29) is 37.2 Å². The highest BCUT2D eigenvalue weighted by Gasteiger charge is 2.26. The largest absolute Gasteiger partial charge is 0.569 e. The molecule has 146 valence electrons. The molecule has 0 spiro atoms. The molecule has 1 saturated heterocycles. The number of nitro groups is 2. The minimum Gasteiger partial charge on any atom is -0.569 e. The molecule has 0 aromatic heterocycles. The van der Waals surface area contributed by atoms with Gasteiger partial charge in [0.15, 0.2) is 0 Å². The van der Waals surface area contributed by atoms with Crippen molar-refractivity contribution < 1.29 is 24.4 Å². The number of hydrazine groups is 1. The number of urea groups is 1. The van der Waals surface area contributed by atoms with Crippen molar-refractivity contribution in [3.63, 3.8) is 0 Å². The SMILES string of the molecule is CCNC(=O)N1CCN(/[N+]([O-])=N/Oc2ccc([N+](=O)[O-])cc2[N+](=O)[O-])CC1. The average molecular weight is 383 g/mol. The average Bonchev–Trinajstić information content (AvgIpc) is 2.66. The molecule has 14 heteroatoms. The molecule has 27 heavy (non-hydrogen) atoms. The van der Waals surface area contributed by atoms with Gasteiger partial charge in [-0.25, -0.2) is 4.79 Å². The summed E-state index contributed by atoms with van der Waals surface area (Å²) in [6, 6.07) is 2.47. The first kappa shape index (κ1) is 19.6. The Hall–Kier alpha value is -3.71. The molecule has 0 radical (unpaired) electrons. The predicted octanol–water partition coefficient (Wildman–Crippen LogP) is 1.02. The second-order valence-corrected chi connectivity index (χ2v) is 5.37. The second-order valence-electron chi connectivity index (χ2n) is 5.37. The Labute approximate surface area is 152 Å². The van der Waals surface area contributed by atoms with Gasteiger partial charge in [0.25, 0.3) is 5.69 Å². The molecule has 0 atom stereocenters. The molecule has 0 aliphatic carbocycles. The zero-order valence-corrected chi connectivity index (χ0v) is 14.3. The molecule has 2 amide bonds. The fraction of sp³-hybridized carbons (Fsp3) is 0.462. The van der Waals surface area contributed by atoms with Crippen LogP contribution in [0.15, 0.2) is 23.5 Å². The van der Waals surface area contributed by atoms with E-state index in [0.717, 1.165) is 12.1 Å². The van der Waals surface area contributed by atoms with Gasteiger partial charge in [-0.2, -0.15) is 0 Å². The number of hydrogen-bond acceptors (Lipinski definition) is 8. The lowest BCUT2D eigenvalue weighted by Gasteiger charge is -2.31. The third-order valence-electron chi connectivity index (χ3n) is 3.67. The molecule has 0 saturated carbocycles. The van der Waals surface area contributed by atoms with Crippen molar-refractivity contribution in [3.8, 4) is 5.75 Å². The van der Waals surface area contributed by atoms with Gasteiger partial charge in [0.1, 0.15) is 0 Å². The van der Waals surface area contributed by atoms with Crippen LogP contribution in [0.2, 0.25) is 0 Å². The summed E-state index contributed by atoms with van der Waals surface area (Å²) in [6.07, 6.45) is 0. The summed E-state index contributed by atoms with van der Waals surface area (Å²) in [4.78, 5) is 38.2. The molecule has 2 rings (SSSR count). The van der Waals surface area contributed by atoms with Crippen molar-refractivity contribution in [1.82, 2.24) is 15.2 Å². The third-order valence-corrected chi connectivity index (χ3v) is 3.67. The Kier molecular flexibility index (Phi) is 6.24. The van der Waals surface area contributed by atoms with Crippen LogP contribution in [-0.2, 0) is 0 Å². The summed E-state index contributed by atoms with van der Waals surface area (Å²) < 4.78 is 0. The third kappa shape index (κ3) is 4.90. The van der Waals surface area contributed by atoms with Gasteiger partial charge in [0, 0.05) is 25.7 Å². The molecule has 1 heterocycles. The van der Waals surface area contributed by atoms with Crippen LogP contribution in [0.5, 0.6) is 5.75 Å². The van der Waals surface area contributed by atoms with Gasteiger partial charge in [-0.15, -0.1) is 5.01 Å². The summed E-state index contributed by atoms with van der Waals surface area (Å²) in [5.41, 5.74) is -1.18. The Morgan fingerprint density at radius 1 is 1.19 bits per heavy atom. The van der Waals surface area contributed by atoms with Crippen LogP contribution in [0.25, 0.3) is 0 Å². The summed E-state index contributed by atoms with van der Waals surface area (Å²) >= 11 is 0. The number of nitrogens with zero attached hydrogens (tertiary/aromatic N) is 6. The highest BCUT2D eigenvalue weighted by atomic mass is 16.7. The van der Waals surface area contributed by atoms with Crippen molar-refractivity contribution in [2.45, 2.75) is 6.92 Å². The number of amides is 2. The first-order chi connectivity index (χ1) is 12.8. The van der Waals surface area contributed by atoms with E-state index in [4.69, 9.17) is 4.84 Å². The van der Waals surface area contributed by atoms with Gasteiger partial charge >= 0.3 is 11.7 Å². The van der Waals surface area contributed by atoms with E-state index in [2.05, 4.69) is 10.6 Å². The number of carbonyl (C=O) groups excluding carboxylic acids is 1. The number of hydrogen-bond donors (Lipinski definition) is 1. The van der Waals surface area contributed by atoms with Gasteiger partial charge in [-0.1, -0.05) is 0 Å². The lowest BCUT2D eigenvalue weighted by Crippen LogP contribution is -2.53. The zero-order valence-electron chi connectivity index (χ0n) is 14.3. The molecule has 1 aliphatic rings. The summed E-state index contributed by atoms with van der Waals surface area (Å²) in [5, 5.41) is 40.8. The maximum Gasteiger partial charge on any atom is 0.321 e. The quantitative estimate of drug-likeness (QED) is 0.328. The van der Waals surface area contributed by atoms with Crippen molar-refractivity contribution in [1.29, 1.82) is 0 Å². The van der Waals surface area contributed by atoms with Gasteiger partial charge < -0.3 is 15.4 Å². The second kappa shape index (κ2) is 8.59. The predicted molar refractivity (Wildman–Crippen MR) is 88.7 cm³/mol. The van der Waals surface area contributed by atoms with Gasteiger partial charge in [0.05, 0.1) is 34.0 Å². The number of piperazine rings is 1. The van der Waals surface area contributed by atoms with Gasteiger partial charge in [-0.05, 0) is 13.0 Å². The Morgan fingerprint density at radius 2 is 1.85 bits per heavy atom. The monoisotopic (exact) mass is 383 g/mol. The van der Waals surface area contributed by atoms with Crippen LogP contribution < -0.4 is 10.2 Å². The van der Waals surface area contributed by atoms with Gasteiger partial charge in [-0.3, -0.25) is 25.1 Å². The van der Waals surface area contributed by atoms with Crippen LogP contribution in [-0.4, -0.2) is 63.5 Å². The summed E-state index contributed by atoms with van der Waals surface area (Å²) in [7, 11) is 0. The van der Waals surface area contributed by atoms with Crippen LogP contribution in [0.1, 0.15) is 6.92 Å². The Balaban J connectivity index is 2.03. The minimum absolute atomic E-state index is 0.125. The van der Waals surface area contributed by atoms with E-state index >= 15 is 0 Å². The van der Waals surface area contributed by atoms with Crippen LogP contribution in [0.3, 0.4) is 0 Å². The Morgan fingerprint density at radius 3 is 2.41 bits per heavy atom. The van der Waals surface area contributed by atoms with E-state index in [1.54, 1.807) is 6.92 Å². The van der Waals surface area contributed by atoms with E-state index < -0.39 is 27.0 Å². The first-order valence-electron chi connectivity index (χ1n) is 7.89. The molecule has 1 N–H and O–H groups in total. The molecule has 1 aromatic rings. The fourth-order valence-corrected chi connectivity index (χ4v) is 2.30.